The van der Waals surface area contributed by atoms with Crippen molar-refractivity contribution in [2.75, 3.05) is 24.5 Å². The monoisotopic (exact) mass is 362 g/mol. The number of fused-ring (bicyclic) bond motifs is 1. The Labute approximate surface area is 150 Å². The van der Waals surface area contributed by atoms with Gasteiger partial charge in [0.1, 0.15) is 0 Å². The van der Waals surface area contributed by atoms with Gasteiger partial charge in [0.2, 0.25) is 15.9 Å². The topological polar surface area (TPSA) is 57.7 Å². The largest absolute Gasteiger partial charge is 0.312 e. The fourth-order valence-corrected chi connectivity index (χ4v) is 6.00. The van der Waals surface area contributed by atoms with Gasteiger partial charge < -0.3 is 4.90 Å². The second kappa shape index (κ2) is 6.09. The van der Waals surface area contributed by atoms with Crippen LogP contribution in [0.3, 0.4) is 0 Å². The molecule has 136 valence electrons. The maximum Gasteiger partial charge on any atom is 0.243 e. The zero-order valence-corrected chi connectivity index (χ0v) is 15.8. The molecule has 1 saturated heterocycles. The summed E-state index contributed by atoms with van der Waals surface area (Å²) in [6, 6.07) is 5.29. The van der Waals surface area contributed by atoms with Crippen LogP contribution in [0.5, 0.6) is 0 Å². The molecule has 25 heavy (non-hydrogen) atoms. The Bertz CT molecular complexity index is 791. The molecule has 0 unspecified atom stereocenters. The molecule has 1 aromatic rings. The van der Waals surface area contributed by atoms with Crippen LogP contribution in [0.25, 0.3) is 0 Å². The van der Waals surface area contributed by atoms with Gasteiger partial charge in [-0.15, -0.1) is 0 Å². The summed E-state index contributed by atoms with van der Waals surface area (Å²) < 4.78 is 27.7. The van der Waals surface area contributed by atoms with Crippen LogP contribution in [-0.4, -0.2) is 38.3 Å². The van der Waals surface area contributed by atoms with E-state index in [0.29, 0.717) is 36.4 Å². The maximum absolute atomic E-state index is 13.1. The summed E-state index contributed by atoms with van der Waals surface area (Å²) in [5.41, 5.74) is 1.88. The maximum atomic E-state index is 13.1. The van der Waals surface area contributed by atoms with E-state index in [0.717, 1.165) is 36.9 Å². The average molecular weight is 362 g/mol. The zero-order chi connectivity index (χ0) is 17.8. The summed E-state index contributed by atoms with van der Waals surface area (Å²) in [6.45, 7) is 6.09. The molecule has 3 aliphatic rings. The van der Waals surface area contributed by atoms with Crippen LogP contribution < -0.4 is 4.90 Å². The second-order valence-electron chi connectivity index (χ2n) is 8.07. The molecular weight excluding hydrogens is 336 g/mol. The van der Waals surface area contributed by atoms with Gasteiger partial charge in [-0.05, 0) is 61.3 Å². The van der Waals surface area contributed by atoms with Crippen LogP contribution in [0.2, 0.25) is 0 Å². The van der Waals surface area contributed by atoms with Crippen molar-refractivity contribution in [3.8, 4) is 0 Å². The van der Waals surface area contributed by atoms with E-state index < -0.39 is 10.0 Å². The molecule has 1 amide bonds. The van der Waals surface area contributed by atoms with Crippen molar-refractivity contribution < 1.29 is 13.2 Å². The van der Waals surface area contributed by atoms with Crippen LogP contribution in [0.4, 0.5) is 5.69 Å². The molecule has 1 aliphatic carbocycles. The molecular formula is C19H26N2O3S. The van der Waals surface area contributed by atoms with Crippen molar-refractivity contribution in [1.29, 1.82) is 0 Å². The van der Waals surface area contributed by atoms with Crippen molar-refractivity contribution in [1.82, 2.24) is 4.31 Å². The lowest BCUT2D eigenvalue weighted by Gasteiger charge is -2.34. The molecule has 5 nitrogen and oxygen atoms in total. The first-order chi connectivity index (χ1) is 11.9. The molecule has 2 fully saturated rings. The fraction of sp³-hybridized carbons (Fsp3) is 0.632. The highest BCUT2D eigenvalue weighted by molar-refractivity contribution is 7.89. The molecule has 1 saturated carbocycles. The smallest absolute Gasteiger partial charge is 0.243 e. The number of sulfonamides is 1. The third-order valence-electron chi connectivity index (χ3n) is 5.61. The summed E-state index contributed by atoms with van der Waals surface area (Å²) in [4.78, 5) is 14.6. The Balaban J connectivity index is 1.60. The third-order valence-corrected chi connectivity index (χ3v) is 7.44. The normalized spacial score (nSPS) is 27.4. The van der Waals surface area contributed by atoms with Crippen LogP contribution in [0.15, 0.2) is 23.1 Å². The highest BCUT2D eigenvalue weighted by Crippen LogP contribution is 2.37. The number of hydrogen-bond donors (Lipinski definition) is 0. The summed E-state index contributed by atoms with van der Waals surface area (Å²) in [5.74, 6) is 1.16. The number of nitrogens with zero attached hydrogens (tertiary/aromatic N) is 2. The van der Waals surface area contributed by atoms with E-state index in [2.05, 4.69) is 13.8 Å². The summed E-state index contributed by atoms with van der Waals surface area (Å²) in [6.07, 6.45) is 3.79. The predicted molar refractivity (Wildman–Crippen MR) is 96.9 cm³/mol. The number of rotatable bonds is 3. The van der Waals surface area contributed by atoms with Gasteiger partial charge in [0.05, 0.1) is 4.90 Å². The van der Waals surface area contributed by atoms with Gasteiger partial charge in [0, 0.05) is 31.2 Å². The molecule has 2 aliphatic heterocycles. The Morgan fingerprint density at radius 3 is 2.44 bits per heavy atom. The Morgan fingerprint density at radius 2 is 1.80 bits per heavy atom. The standard InChI is InChI=1S/C19H26N2O3S/c1-13-9-14(2)12-20(11-13)25(23,24)17-5-6-18-16(10-17)7-8-21(18)19(22)15-3-4-15/h5-6,10,13-15H,3-4,7-9,11-12H2,1-2H3/t13-,14-/m1/s1. The van der Waals surface area contributed by atoms with E-state index in [9.17, 15) is 13.2 Å². The van der Waals surface area contributed by atoms with E-state index in [1.165, 1.54) is 0 Å². The first kappa shape index (κ1) is 17.0. The van der Waals surface area contributed by atoms with Gasteiger partial charge in [-0.3, -0.25) is 4.79 Å². The molecule has 0 bridgehead atoms. The highest BCUT2D eigenvalue weighted by atomic mass is 32.2. The summed E-state index contributed by atoms with van der Waals surface area (Å²) >= 11 is 0. The predicted octanol–water partition coefficient (Wildman–Crippen LogP) is 2.65. The van der Waals surface area contributed by atoms with E-state index in [4.69, 9.17) is 0 Å². The third kappa shape index (κ3) is 3.10. The quantitative estimate of drug-likeness (QED) is 0.831. The Hall–Kier alpha value is -1.40. The van der Waals surface area contributed by atoms with E-state index in [1.54, 1.807) is 16.4 Å². The Kier molecular flexibility index (Phi) is 4.15. The number of benzene rings is 1. The lowest BCUT2D eigenvalue weighted by atomic mass is 9.94. The van der Waals surface area contributed by atoms with Gasteiger partial charge in [-0.1, -0.05) is 13.8 Å². The minimum absolute atomic E-state index is 0.186. The number of carbonyl (C=O) groups excluding carboxylic acids is 1. The summed E-state index contributed by atoms with van der Waals surface area (Å²) in [7, 11) is -3.46. The van der Waals surface area contributed by atoms with Gasteiger partial charge in [0.25, 0.3) is 0 Å². The van der Waals surface area contributed by atoms with Crippen LogP contribution >= 0.6 is 0 Å². The van der Waals surface area contributed by atoms with Crippen molar-refractivity contribution in [3.63, 3.8) is 0 Å². The first-order valence-corrected chi connectivity index (χ1v) is 10.7. The molecule has 4 rings (SSSR count). The fourth-order valence-electron chi connectivity index (χ4n) is 4.27. The molecule has 2 heterocycles. The highest BCUT2D eigenvalue weighted by Gasteiger charge is 2.37. The number of amides is 1. The summed E-state index contributed by atoms with van der Waals surface area (Å²) in [5, 5.41) is 0. The molecule has 2 atom stereocenters. The van der Waals surface area contributed by atoms with Gasteiger partial charge in [-0.25, -0.2) is 8.42 Å². The lowest BCUT2D eigenvalue weighted by molar-refractivity contribution is -0.119. The van der Waals surface area contributed by atoms with Gasteiger partial charge in [-0.2, -0.15) is 4.31 Å². The Morgan fingerprint density at radius 1 is 1.12 bits per heavy atom. The first-order valence-electron chi connectivity index (χ1n) is 9.30. The minimum Gasteiger partial charge on any atom is -0.312 e. The van der Waals surface area contributed by atoms with E-state index >= 15 is 0 Å². The van der Waals surface area contributed by atoms with Crippen LogP contribution in [0, 0.1) is 17.8 Å². The molecule has 0 radical (unpaired) electrons. The van der Waals surface area contributed by atoms with Crippen molar-refractivity contribution in [2.45, 2.75) is 44.4 Å². The van der Waals surface area contributed by atoms with Crippen LogP contribution in [0.1, 0.15) is 38.7 Å². The van der Waals surface area contributed by atoms with Crippen molar-refractivity contribution >= 4 is 21.6 Å². The number of anilines is 1. The lowest BCUT2D eigenvalue weighted by Crippen LogP contribution is -2.42. The van der Waals surface area contributed by atoms with Crippen LogP contribution in [-0.2, 0) is 21.2 Å². The van der Waals surface area contributed by atoms with Gasteiger partial charge >= 0.3 is 0 Å². The minimum atomic E-state index is -3.46. The molecule has 1 aromatic carbocycles. The molecule has 6 heteroatoms. The number of carbonyl (C=O) groups is 1. The molecule has 0 N–H and O–H groups in total. The zero-order valence-electron chi connectivity index (χ0n) is 14.9. The van der Waals surface area contributed by atoms with Crippen molar-refractivity contribution in [3.05, 3.63) is 23.8 Å². The van der Waals surface area contributed by atoms with E-state index in [-0.39, 0.29) is 11.8 Å². The number of hydrogen-bond acceptors (Lipinski definition) is 3. The average Bonchev–Trinajstić information content (AvgIpc) is 3.32. The second-order valence-corrected chi connectivity index (χ2v) is 10.0. The SMILES string of the molecule is C[C@@H]1C[C@@H](C)CN(S(=O)(=O)c2ccc3c(c2)CCN3C(=O)C2CC2)C1. The number of piperidine rings is 1. The molecule has 0 spiro atoms. The van der Waals surface area contributed by atoms with Crippen molar-refractivity contribution in [2.24, 2.45) is 17.8 Å². The van der Waals surface area contributed by atoms with E-state index in [1.807, 2.05) is 11.0 Å². The molecule has 0 aromatic heterocycles. The van der Waals surface area contributed by atoms with Gasteiger partial charge in [0.15, 0.2) is 0 Å².